The van der Waals surface area contributed by atoms with Gasteiger partial charge in [0.15, 0.2) is 0 Å². The van der Waals surface area contributed by atoms with Gasteiger partial charge in [0.05, 0.1) is 5.56 Å². The Labute approximate surface area is 183 Å². The fraction of sp³-hybridized carbons (Fsp3) is 0.364. The maximum atomic E-state index is 13.2. The summed E-state index contributed by atoms with van der Waals surface area (Å²) in [5.74, 6) is -0.206. The highest BCUT2D eigenvalue weighted by molar-refractivity contribution is 6.30. The van der Waals surface area contributed by atoms with E-state index >= 15 is 0 Å². The van der Waals surface area contributed by atoms with Crippen molar-refractivity contribution in [3.8, 4) is 0 Å². The molecule has 1 saturated heterocycles. The largest absolute Gasteiger partial charge is 0.416 e. The Kier molecular flexibility index (Phi) is 6.50. The first-order valence-corrected chi connectivity index (χ1v) is 10.1. The number of likely N-dealkylation sites (N-methyl/N-ethyl adjacent to an activating group) is 1. The van der Waals surface area contributed by atoms with Crippen molar-refractivity contribution in [3.63, 3.8) is 0 Å². The van der Waals surface area contributed by atoms with Crippen LogP contribution in [-0.4, -0.2) is 40.9 Å². The number of halogens is 4. The molecule has 1 aliphatic heterocycles. The molecule has 0 spiro atoms. The molecular weight excluding hydrogens is 431 g/mol. The van der Waals surface area contributed by atoms with Crippen LogP contribution in [-0.2, 0) is 17.5 Å². The number of nitrogens with one attached hydrogen (secondary N) is 1. The fourth-order valence-corrected chi connectivity index (χ4v) is 3.92. The standard InChI is InChI=1S/C22H23ClF3N3O2/c1-21(19(30)28(2)14-15-4-8-17(23)9-5-15)12-3-13-29(21)20(31)27-18-10-6-16(7-11-18)22(24,25)26/h4-11H,3,12-14H2,1-2H3,(H,27,31). The molecule has 1 heterocycles. The van der Waals surface area contributed by atoms with Crippen molar-refractivity contribution in [3.05, 3.63) is 64.7 Å². The van der Waals surface area contributed by atoms with Crippen LogP contribution in [0.25, 0.3) is 0 Å². The first-order chi connectivity index (χ1) is 14.5. The molecule has 1 unspecified atom stereocenters. The molecule has 2 aromatic rings. The van der Waals surface area contributed by atoms with Gasteiger partial charge in [-0.05, 0) is 61.7 Å². The maximum absolute atomic E-state index is 13.2. The van der Waals surface area contributed by atoms with Gasteiger partial charge in [0.1, 0.15) is 5.54 Å². The average Bonchev–Trinajstić information content (AvgIpc) is 3.11. The number of urea groups is 1. The van der Waals surface area contributed by atoms with Crippen molar-refractivity contribution in [1.29, 1.82) is 0 Å². The molecule has 3 rings (SSSR count). The average molecular weight is 454 g/mol. The summed E-state index contributed by atoms with van der Waals surface area (Å²) in [4.78, 5) is 29.1. The molecule has 1 N–H and O–H groups in total. The molecule has 1 atom stereocenters. The summed E-state index contributed by atoms with van der Waals surface area (Å²) in [6, 6.07) is 10.8. The molecule has 0 aromatic heterocycles. The molecule has 2 aromatic carbocycles. The Balaban J connectivity index is 1.69. The number of hydrogen-bond acceptors (Lipinski definition) is 2. The van der Waals surface area contributed by atoms with Crippen LogP contribution >= 0.6 is 11.6 Å². The molecule has 1 fully saturated rings. The molecule has 9 heteroatoms. The summed E-state index contributed by atoms with van der Waals surface area (Å²) in [6.45, 7) is 2.45. The molecule has 166 valence electrons. The minimum Gasteiger partial charge on any atom is -0.339 e. The second kappa shape index (κ2) is 8.78. The van der Waals surface area contributed by atoms with Crippen LogP contribution < -0.4 is 5.32 Å². The van der Waals surface area contributed by atoms with E-state index in [9.17, 15) is 22.8 Å². The number of rotatable bonds is 4. The lowest BCUT2D eigenvalue weighted by atomic mass is 9.97. The third kappa shape index (κ3) is 5.12. The number of carbonyl (C=O) groups is 2. The van der Waals surface area contributed by atoms with E-state index in [0.717, 1.165) is 17.7 Å². The van der Waals surface area contributed by atoms with Crippen LogP contribution in [0.1, 0.15) is 30.9 Å². The first-order valence-electron chi connectivity index (χ1n) is 9.76. The van der Waals surface area contributed by atoms with Gasteiger partial charge < -0.3 is 15.1 Å². The summed E-state index contributed by atoms with van der Waals surface area (Å²) < 4.78 is 38.2. The summed E-state index contributed by atoms with van der Waals surface area (Å²) in [5, 5.41) is 3.21. The van der Waals surface area contributed by atoms with Crippen molar-refractivity contribution in [2.24, 2.45) is 0 Å². The van der Waals surface area contributed by atoms with Crippen molar-refractivity contribution in [2.45, 2.75) is 38.0 Å². The highest BCUT2D eigenvalue weighted by atomic mass is 35.5. The molecule has 0 bridgehead atoms. The lowest BCUT2D eigenvalue weighted by molar-refractivity contribution is -0.139. The minimum absolute atomic E-state index is 0.206. The predicted octanol–water partition coefficient (Wildman–Crippen LogP) is 5.40. The van der Waals surface area contributed by atoms with E-state index in [-0.39, 0.29) is 11.6 Å². The van der Waals surface area contributed by atoms with Gasteiger partial charge in [0, 0.05) is 30.8 Å². The number of benzene rings is 2. The molecule has 0 saturated carbocycles. The Morgan fingerprint density at radius 2 is 1.74 bits per heavy atom. The SMILES string of the molecule is CN(Cc1ccc(Cl)cc1)C(=O)C1(C)CCCN1C(=O)Nc1ccc(C(F)(F)F)cc1. The third-order valence-electron chi connectivity index (χ3n) is 5.49. The van der Waals surface area contributed by atoms with Gasteiger partial charge in [0.2, 0.25) is 5.91 Å². The predicted molar refractivity (Wildman–Crippen MR) is 113 cm³/mol. The minimum atomic E-state index is -4.45. The highest BCUT2D eigenvalue weighted by Crippen LogP contribution is 2.33. The lowest BCUT2D eigenvalue weighted by Crippen LogP contribution is -2.56. The maximum Gasteiger partial charge on any atom is 0.416 e. The number of amides is 3. The van der Waals surface area contributed by atoms with Gasteiger partial charge in [-0.15, -0.1) is 0 Å². The van der Waals surface area contributed by atoms with Crippen LogP contribution in [0.4, 0.5) is 23.7 Å². The summed E-state index contributed by atoms with van der Waals surface area (Å²) in [7, 11) is 1.67. The molecule has 0 aliphatic carbocycles. The van der Waals surface area contributed by atoms with E-state index in [1.54, 1.807) is 31.0 Å². The number of alkyl halides is 3. The van der Waals surface area contributed by atoms with E-state index in [0.29, 0.717) is 31.0 Å². The van der Waals surface area contributed by atoms with Crippen LogP contribution in [0, 0.1) is 0 Å². The fourth-order valence-electron chi connectivity index (χ4n) is 3.79. The topological polar surface area (TPSA) is 52.7 Å². The molecule has 5 nitrogen and oxygen atoms in total. The van der Waals surface area contributed by atoms with E-state index < -0.39 is 23.3 Å². The van der Waals surface area contributed by atoms with E-state index in [2.05, 4.69) is 5.32 Å². The zero-order valence-corrected chi connectivity index (χ0v) is 17.9. The van der Waals surface area contributed by atoms with Gasteiger partial charge in [-0.3, -0.25) is 4.79 Å². The quantitative estimate of drug-likeness (QED) is 0.673. The second-order valence-electron chi connectivity index (χ2n) is 7.82. The molecule has 3 amide bonds. The zero-order chi connectivity index (χ0) is 22.8. The summed E-state index contributed by atoms with van der Waals surface area (Å²) in [6.07, 6.45) is -3.30. The number of anilines is 1. The molecule has 1 aliphatic rings. The summed E-state index contributed by atoms with van der Waals surface area (Å²) in [5.41, 5.74) is -0.704. The molecular formula is C22H23ClF3N3O2. The van der Waals surface area contributed by atoms with E-state index in [1.807, 2.05) is 12.1 Å². The van der Waals surface area contributed by atoms with Crippen LogP contribution in [0.5, 0.6) is 0 Å². The normalized spacial score (nSPS) is 18.7. The van der Waals surface area contributed by atoms with Crippen molar-refractivity contribution < 1.29 is 22.8 Å². The van der Waals surface area contributed by atoms with Crippen LogP contribution in [0.2, 0.25) is 5.02 Å². The van der Waals surface area contributed by atoms with Gasteiger partial charge in [-0.25, -0.2) is 4.79 Å². The zero-order valence-electron chi connectivity index (χ0n) is 17.2. The highest BCUT2D eigenvalue weighted by Gasteiger charge is 2.47. The Bertz CT molecular complexity index is 948. The van der Waals surface area contributed by atoms with Gasteiger partial charge in [-0.1, -0.05) is 23.7 Å². The summed E-state index contributed by atoms with van der Waals surface area (Å²) >= 11 is 5.90. The molecule has 31 heavy (non-hydrogen) atoms. The molecule has 0 radical (unpaired) electrons. The monoisotopic (exact) mass is 453 g/mol. The van der Waals surface area contributed by atoms with Gasteiger partial charge >= 0.3 is 12.2 Å². The van der Waals surface area contributed by atoms with Gasteiger partial charge in [0.25, 0.3) is 0 Å². The number of likely N-dealkylation sites (tertiary alicyclic amines) is 1. The van der Waals surface area contributed by atoms with Crippen molar-refractivity contribution >= 4 is 29.2 Å². The number of hydrogen-bond donors (Lipinski definition) is 1. The first kappa shape index (κ1) is 22.9. The number of nitrogens with zero attached hydrogens (tertiary/aromatic N) is 2. The second-order valence-corrected chi connectivity index (χ2v) is 8.26. The van der Waals surface area contributed by atoms with Crippen LogP contribution in [0.15, 0.2) is 48.5 Å². The Morgan fingerprint density at radius 3 is 2.32 bits per heavy atom. The lowest BCUT2D eigenvalue weighted by Gasteiger charge is -2.37. The van der Waals surface area contributed by atoms with E-state index in [1.165, 1.54) is 17.0 Å². The van der Waals surface area contributed by atoms with Gasteiger partial charge in [-0.2, -0.15) is 13.2 Å². The van der Waals surface area contributed by atoms with Crippen molar-refractivity contribution in [2.75, 3.05) is 18.9 Å². The van der Waals surface area contributed by atoms with Crippen LogP contribution in [0.3, 0.4) is 0 Å². The van der Waals surface area contributed by atoms with Crippen molar-refractivity contribution in [1.82, 2.24) is 9.80 Å². The van der Waals surface area contributed by atoms with E-state index in [4.69, 9.17) is 11.6 Å². The third-order valence-corrected chi connectivity index (χ3v) is 5.74. The Morgan fingerprint density at radius 1 is 1.13 bits per heavy atom. The Hall–Kier alpha value is -2.74. The number of carbonyl (C=O) groups excluding carboxylic acids is 2. The smallest absolute Gasteiger partial charge is 0.339 e.